The predicted octanol–water partition coefficient (Wildman–Crippen LogP) is 3.46. The van der Waals surface area contributed by atoms with Crippen molar-refractivity contribution in [1.29, 1.82) is 0 Å². The molecular formula is C22H24N4O2. The molecule has 1 aliphatic rings. The number of aromatic nitrogens is 2. The molecule has 0 bridgehead atoms. The fourth-order valence-corrected chi connectivity index (χ4v) is 3.60. The molecule has 1 aliphatic heterocycles. The van der Waals surface area contributed by atoms with Gasteiger partial charge in [0.05, 0.1) is 12.8 Å². The highest BCUT2D eigenvalue weighted by molar-refractivity contribution is 5.92. The molecule has 0 radical (unpaired) electrons. The van der Waals surface area contributed by atoms with E-state index in [4.69, 9.17) is 4.42 Å². The Kier molecular flexibility index (Phi) is 5.66. The number of benzene rings is 1. The van der Waals surface area contributed by atoms with Crippen LogP contribution in [0, 0.1) is 5.92 Å². The van der Waals surface area contributed by atoms with Gasteiger partial charge in [-0.25, -0.2) is 0 Å². The highest BCUT2D eigenvalue weighted by Crippen LogP contribution is 2.24. The van der Waals surface area contributed by atoms with Gasteiger partial charge in [-0.2, -0.15) is 0 Å². The number of amides is 1. The summed E-state index contributed by atoms with van der Waals surface area (Å²) in [6.45, 7) is 2.27. The van der Waals surface area contributed by atoms with Crippen LogP contribution in [-0.4, -0.2) is 29.2 Å². The number of rotatable bonds is 6. The first kappa shape index (κ1) is 18.2. The number of piperidine rings is 1. The SMILES string of the molecule is O=C(NCc1ccco1)c1ccc(N2CCC(Cc3ccccc3)CC2)nn1. The fraction of sp³-hybridized carbons (Fsp3) is 0.318. The lowest BCUT2D eigenvalue weighted by Crippen LogP contribution is -2.35. The van der Waals surface area contributed by atoms with Gasteiger partial charge in [-0.15, -0.1) is 10.2 Å². The van der Waals surface area contributed by atoms with E-state index in [1.54, 1.807) is 18.4 Å². The minimum Gasteiger partial charge on any atom is -0.467 e. The largest absolute Gasteiger partial charge is 0.467 e. The first-order chi connectivity index (χ1) is 13.8. The Balaban J connectivity index is 1.28. The highest BCUT2D eigenvalue weighted by Gasteiger charge is 2.21. The van der Waals surface area contributed by atoms with E-state index in [2.05, 4.69) is 50.7 Å². The first-order valence-electron chi connectivity index (χ1n) is 9.71. The molecule has 0 spiro atoms. The molecule has 28 heavy (non-hydrogen) atoms. The number of hydrogen-bond donors (Lipinski definition) is 1. The Morgan fingerprint density at radius 2 is 1.86 bits per heavy atom. The second-order valence-electron chi connectivity index (χ2n) is 7.16. The van der Waals surface area contributed by atoms with Crippen LogP contribution in [0.1, 0.15) is 34.7 Å². The Labute approximate surface area is 164 Å². The summed E-state index contributed by atoms with van der Waals surface area (Å²) in [5, 5.41) is 11.2. The van der Waals surface area contributed by atoms with E-state index in [-0.39, 0.29) is 5.91 Å². The van der Waals surface area contributed by atoms with Gasteiger partial charge in [-0.05, 0) is 55.0 Å². The summed E-state index contributed by atoms with van der Waals surface area (Å²) in [5.74, 6) is 1.99. The van der Waals surface area contributed by atoms with Crippen molar-refractivity contribution < 1.29 is 9.21 Å². The molecule has 0 aliphatic carbocycles. The molecule has 2 aromatic heterocycles. The van der Waals surface area contributed by atoms with Crippen molar-refractivity contribution in [3.05, 3.63) is 77.9 Å². The van der Waals surface area contributed by atoms with Crippen LogP contribution in [0.2, 0.25) is 0 Å². The Morgan fingerprint density at radius 3 is 2.54 bits per heavy atom. The number of carbonyl (C=O) groups is 1. The normalized spacial score (nSPS) is 14.8. The molecule has 6 heteroatoms. The number of anilines is 1. The molecule has 0 atom stereocenters. The smallest absolute Gasteiger partial charge is 0.272 e. The van der Waals surface area contributed by atoms with Crippen molar-refractivity contribution in [1.82, 2.24) is 15.5 Å². The zero-order chi connectivity index (χ0) is 19.2. The van der Waals surface area contributed by atoms with E-state index in [0.29, 0.717) is 23.9 Å². The Hall–Kier alpha value is -3.15. The number of hydrogen-bond acceptors (Lipinski definition) is 5. The summed E-state index contributed by atoms with van der Waals surface area (Å²) in [6, 6.07) is 17.9. The molecule has 3 heterocycles. The van der Waals surface area contributed by atoms with Gasteiger partial charge in [0, 0.05) is 13.1 Å². The lowest BCUT2D eigenvalue weighted by Gasteiger charge is -2.32. The van der Waals surface area contributed by atoms with E-state index >= 15 is 0 Å². The lowest BCUT2D eigenvalue weighted by molar-refractivity contribution is 0.0942. The van der Waals surface area contributed by atoms with Crippen molar-refractivity contribution in [3.8, 4) is 0 Å². The number of carbonyl (C=O) groups excluding carboxylic acids is 1. The van der Waals surface area contributed by atoms with Gasteiger partial charge in [0.1, 0.15) is 5.76 Å². The van der Waals surface area contributed by atoms with Crippen LogP contribution >= 0.6 is 0 Å². The molecule has 1 amide bonds. The molecule has 0 unspecified atom stereocenters. The van der Waals surface area contributed by atoms with Crippen molar-refractivity contribution in [3.63, 3.8) is 0 Å². The molecule has 4 rings (SSSR count). The van der Waals surface area contributed by atoms with Gasteiger partial charge < -0.3 is 14.6 Å². The zero-order valence-electron chi connectivity index (χ0n) is 15.8. The van der Waals surface area contributed by atoms with E-state index in [9.17, 15) is 4.79 Å². The van der Waals surface area contributed by atoms with Gasteiger partial charge >= 0.3 is 0 Å². The molecular weight excluding hydrogens is 352 g/mol. The zero-order valence-corrected chi connectivity index (χ0v) is 15.8. The Bertz CT molecular complexity index is 871. The molecule has 6 nitrogen and oxygen atoms in total. The second-order valence-corrected chi connectivity index (χ2v) is 7.16. The van der Waals surface area contributed by atoms with Gasteiger partial charge in [0.15, 0.2) is 11.5 Å². The fourth-order valence-electron chi connectivity index (χ4n) is 3.60. The third kappa shape index (κ3) is 4.57. The quantitative estimate of drug-likeness (QED) is 0.713. The minimum atomic E-state index is -0.253. The standard InChI is InChI=1S/C22H24N4O2/c27-22(23-16-19-7-4-14-28-19)20-8-9-21(25-24-20)26-12-10-18(11-13-26)15-17-5-2-1-3-6-17/h1-9,14,18H,10-13,15-16H2,(H,23,27). The van der Waals surface area contributed by atoms with Crippen molar-refractivity contribution in [2.75, 3.05) is 18.0 Å². The maximum absolute atomic E-state index is 12.2. The predicted molar refractivity (Wildman–Crippen MR) is 107 cm³/mol. The van der Waals surface area contributed by atoms with E-state index in [1.807, 2.05) is 12.1 Å². The first-order valence-corrected chi connectivity index (χ1v) is 9.71. The second kappa shape index (κ2) is 8.69. The summed E-state index contributed by atoms with van der Waals surface area (Å²) in [4.78, 5) is 14.4. The van der Waals surface area contributed by atoms with Crippen molar-refractivity contribution in [2.45, 2.75) is 25.8 Å². The van der Waals surface area contributed by atoms with E-state index in [1.165, 1.54) is 5.56 Å². The van der Waals surface area contributed by atoms with Crippen molar-refractivity contribution >= 4 is 11.7 Å². The Morgan fingerprint density at radius 1 is 1.04 bits per heavy atom. The summed E-state index contributed by atoms with van der Waals surface area (Å²) < 4.78 is 5.21. The summed E-state index contributed by atoms with van der Waals surface area (Å²) >= 11 is 0. The summed E-state index contributed by atoms with van der Waals surface area (Å²) in [6.07, 6.45) is 5.00. The molecule has 1 saturated heterocycles. The number of nitrogens with one attached hydrogen (secondary N) is 1. The van der Waals surface area contributed by atoms with E-state index in [0.717, 1.165) is 38.2 Å². The molecule has 1 N–H and O–H groups in total. The van der Waals surface area contributed by atoms with Crippen LogP contribution in [0.3, 0.4) is 0 Å². The maximum atomic E-state index is 12.2. The van der Waals surface area contributed by atoms with Gasteiger partial charge in [0.25, 0.3) is 5.91 Å². The average molecular weight is 376 g/mol. The van der Waals surface area contributed by atoms with Gasteiger partial charge in [0.2, 0.25) is 0 Å². The van der Waals surface area contributed by atoms with Gasteiger partial charge in [-0.3, -0.25) is 4.79 Å². The molecule has 0 saturated carbocycles. The molecule has 1 aromatic carbocycles. The molecule has 1 fully saturated rings. The van der Waals surface area contributed by atoms with Crippen LogP contribution in [0.15, 0.2) is 65.3 Å². The molecule has 144 valence electrons. The highest BCUT2D eigenvalue weighted by atomic mass is 16.3. The number of furan rings is 1. The number of nitrogens with zero attached hydrogens (tertiary/aromatic N) is 3. The third-order valence-electron chi connectivity index (χ3n) is 5.19. The van der Waals surface area contributed by atoms with Crippen LogP contribution < -0.4 is 10.2 Å². The van der Waals surface area contributed by atoms with Crippen molar-refractivity contribution in [2.24, 2.45) is 5.92 Å². The topological polar surface area (TPSA) is 71.3 Å². The van der Waals surface area contributed by atoms with E-state index < -0.39 is 0 Å². The van der Waals surface area contributed by atoms with Crippen LogP contribution in [0.5, 0.6) is 0 Å². The lowest BCUT2D eigenvalue weighted by atomic mass is 9.90. The van der Waals surface area contributed by atoms with Crippen LogP contribution in [0.25, 0.3) is 0 Å². The van der Waals surface area contributed by atoms with Gasteiger partial charge in [-0.1, -0.05) is 30.3 Å². The average Bonchev–Trinajstić information content (AvgIpc) is 3.27. The van der Waals surface area contributed by atoms with Crippen LogP contribution in [-0.2, 0) is 13.0 Å². The summed E-state index contributed by atoms with van der Waals surface area (Å²) in [7, 11) is 0. The third-order valence-corrected chi connectivity index (χ3v) is 5.19. The minimum absolute atomic E-state index is 0.253. The monoisotopic (exact) mass is 376 g/mol. The molecule has 3 aromatic rings. The summed E-state index contributed by atoms with van der Waals surface area (Å²) in [5.41, 5.74) is 1.72. The maximum Gasteiger partial charge on any atom is 0.272 e. The van der Waals surface area contributed by atoms with Crippen LogP contribution in [0.4, 0.5) is 5.82 Å².